The summed E-state index contributed by atoms with van der Waals surface area (Å²) in [5.41, 5.74) is 0.958. The quantitative estimate of drug-likeness (QED) is 0.859. The summed E-state index contributed by atoms with van der Waals surface area (Å²) in [6, 6.07) is 3.42. The van der Waals surface area contributed by atoms with E-state index in [2.05, 4.69) is 25.8 Å². The van der Waals surface area contributed by atoms with Crippen molar-refractivity contribution in [3.05, 3.63) is 42.2 Å². The lowest BCUT2D eigenvalue weighted by Crippen LogP contribution is -2.37. The van der Waals surface area contributed by atoms with Crippen molar-refractivity contribution in [1.82, 2.24) is 30.4 Å². The second kappa shape index (κ2) is 6.65. The number of nitrogens with one attached hydrogen (secondary N) is 2. The smallest absolute Gasteiger partial charge is 0.315 e. The largest absolute Gasteiger partial charge is 0.332 e. The Labute approximate surface area is 117 Å². The zero-order chi connectivity index (χ0) is 14.4. The highest BCUT2D eigenvalue weighted by Gasteiger charge is 2.10. The molecule has 7 heteroatoms. The number of pyridine rings is 1. The monoisotopic (exact) mass is 274 g/mol. The standard InChI is InChI=1S/C13H18N6O/c1-3-19-9-16-18-12(19)8-15-13(20)17-10(2)11-5-4-6-14-7-11/h4-7,9-10H,3,8H2,1-2H3,(H2,15,17,20). The molecule has 20 heavy (non-hydrogen) atoms. The van der Waals surface area contributed by atoms with Crippen LogP contribution < -0.4 is 10.6 Å². The molecule has 0 aliphatic heterocycles. The Morgan fingerprint density at radius 2 is 2.35 bits per heavy atom. The molecule has 1 unspecified atom stereocenters. The van der Waals surface area contributed by atoms with E-state index in [0.717, 1.165) is 17.9 Å². The number of aromatic nitrogens is 4. The van der Waals surface area contributed by atoms with Gasteiger partial charge in [0.1, 0.15) is 6.33 Å². The summed E-state index contributed by atoms with van der Waals surface area (Å²) < 4.78 is 1.88. The Kier molecular flexibility index (Phi) is 4.65. The molecule has 0 aromatic carbocycles. The Balaban J connectivity index is 1.84. The van der Waals surface area contributed by atoms with Gasteiger partial charge in [-0.3, -0.25) is 4.98 Å². The van der Waals surface area contributed by atoms with E-state index in [1.807, 2.05) is 30.5 Å². The zero-order valence-corrected chi connectivity index (χ0v) is 11.6. The minimum absolute atomic E-state index is 0.104. The molecule has 2 aromatic heterocycles. The van der Waals surface area contributed by atoms with Crippen LogP contribution in [-0.4, -0.2) is 25.8 Å². The van der Waals surface area contributed by atoms with E-state index in [1.54, 1.807) is 18.7 Å². The van der Waals surface area contributed by atoms with Crippen LogP contribution in [0, 0.1) is 0 Å². The van der Waals surface area contributed by atoms with Crippen LogP contribution in [0.15, 0.2) is 30.9 Å². The lowest BCUT2D eigenvalue weighted by Gasteiger charge is -2.14. The molecular weight excluding hydrogens is 256 g/mol. The van der Waals surface area contributed by atoms with Crippen LogP contribution in [0.2, 0.25) is 0 Å². The Morgan fingerprint density at radius 1 is 1.50 bits per heavy atom. The number of hydrogen-bond acceptors (Lipinski definition) is 4. The maximum absolute atomic E-state index is 11.8. The molecule has 2 rings (SSSR count). The van der Waals surface area contributed by atoms with Crippen molar-refractivity contribution in [2.75, 3.05) is 0 Å². The summed E-state index contributed by atoms with van der Waals surface area (Å²) in [6.07, 6.45) is 5.08. The molecule has 0 fully saturated rings. The van der Waals surface area contributed by atoms with Gasteiger partial charge in [-0.15, -0.1) is 10.2 Å². The first-order chi connectivity index (χ1) is 9.70. The van der Waals surface area contributed by atoms with Gasteiger partial charge in [-0.2, -0.15) is 0 Å². The molecule has 2 N–H and O–H groups in total. The number of amides is 2. The van der Waals surface area contributed by atoms with Gasteiger partial charge < -0.3 is 15.2 Å². The van der Waals surface area contributed by atoms with Gasteiger partial charge in [-0.05, 0) is 25.5 Å². The van der Waals surface area contributed by atoms with Crippen LogP contribution in [-0.2, 0) is 13.1 Å². The van der Waals surface area contributed by atoms with E-state index >= 15 is 0 Å². The van der Waals surface area contributed by atoms with Crippen LogP contribution in [0.4, 0.5) is 4.79 Å². The number of hydrogen-bond donors (Lipinski definition) is 2. The SMILES string of the molecule is CCn1cnnc1CNC(=O)NC(C)c1cccnc1. The zero-order valence-electron chi connectivity index (χ0n) is 11.6. The van der Waals surface area contributed by atoms with E-state index in [4.69, 9.17) is 0 Å². The van der Waals surface area contributed by atoms with Crippen molar-refractivity contribution in [2.24, 2.45) is 0 Å². The molecule has 7 nitrogen and oxygen atoms in total. The molecule has 1 atom stereocenters. The maximum Gasteiger partial charge on any atom is 0.315 e. The molecule has 2 heterocycles. The van der Waals surface area contributed by atoms with Gasteiger partial charge in [0.15, 0.2) is 5.82 Å². The van der Waals surface area contributed by atoms with E-state index in [0.29, 0.717) is 6.54 Å². The number of nitrogens with zero attached hydrogens (tertiary/aromatic N) is 4. The van der Waals surface area contributed by atoms with Crippen LogP contribution >= 0.6 is 0 Å². The van der Waals surface area contributed by atoms with Gasteiger partial charge in [-0.1, -0.05) is 6.07 Å². The lowest BCUT2D eigenvalue weighted by molar-refractivity contribution is 0.237. The van der Waals surface area contributed by atoms with Crippen LogP contribution in [0.1, 0.15) is 31.3 Å². The summed E-state index contributed by atoms with van der Waals surface area (Å²) in [5, 5.41) is 13.4. The number of carbonyl (C=O) groups excluding carboxylic acids is 1. The predicted molar refractivity (Wildman–Crippen MR) is 73.7 cm³/mol. The van der Waals surface area contributed by atoms with Gasteiger partial charge in [0, 0.05) is 18.9 Å². The molecule has 106 valence electrons. The van der Waals surface area contributed by atoms with E-state index < -0.39 is 0 Å². The summed E-state index contributed by atoms with van der Waals surface area (Å²) in [4.78, 5) is 15.9. The van der Waals surface area contributed by atoms with E-state index in [9.17, 15) is 4.79 Å². The summed E-state index contributed by atoms with van der Waals surface area (Å²) >= 11 is 0. The normalized spacial score (nSPS) is 11.9. The highest BCUT2D eigenvalue weighted by molar-refractivity contribution is 5.74. The second-order valence-corrected chi connectivity index (χ2v) is 4.37. The highest BCUT2D eigenvalue weighted by Crippen LogP contribution is 2.09. The third kappa shape index (κ3) is 3.53. The predicted octanol–water partition coefficient (Wildman–Crippen LogP) is 1.25. The minimum atomic E-state index is -0.244. The second-order valence-electron chi connectivity index (χ2n) is 4.37. The summed E-state index contributed by atoms with van der Waals surface area (Å²) in [6.45, 7) is 5.03. The van der Waals surface area contributed by atoms with E-state index in [-0.39, 0.29) is 12.1 Å². The molecule has 2 aromatic rings. The molecule has 0 saturated heterocycles. The fourth-order valence-corrected chi connectivity index (χ4v) is 1.80. The Morgan fingerprint density at radius 3 is 3.05 bits per heavy atom. The Bertz CT molecular complexity index is 553. The molecule has 0 aliphatic carbocycles. The van der Waals surface area contributed by atoms with Gasteiger partial charge in [0.25, 0.3) is 0 Å². The Hall–Kier alpha value is -2.44. The lowest BCUT2D eigenvalue weighted by atomic mass is 10.1. The minimum Gasteiger partial charge on any atom is -0.332 e. The summed E-state index contributed by atoms with van der Waals surface area (Å²) in [5.74, 6) is 0.733. The van der Waals surface area contributed by atoms with Crippen molar-refractivity contribution in [3.8, 4) is 0 Å². The fourth-order valence-electron chi connectivity index (χ4n) is 1.80. The first kappa shape index (κ1) is 14.0. The topological polar surface area (TPSA) is 84.7 Å². The first-order valence-corrected chi connectivity index (χ1v) is 6.51. The molecule has 0 saturated carbocycles. The van der Waals surface area contributed by atoms with Gasteiger partial charge in [-0.25, -0.2) is 4.79 Å². The maximum atomic E-state index is 11.8. The number of carbonyl (C=O) groups is 1. The molecule has 0 bridgehead atoms. The third-order valence-electron chi connectivity index (χ3n) is 2.98. The average molecular weight is 274 g/mol. The average Bonchev–Trinajstić information content (AvgIpc) is 2.93. The first-order valence-electron chi connectivity index (χ1n) is 6.51. The molecule has 2 amide bonds. The highest BCUT2D eigenvalue weighted by atomic mass is 16.2. The number of aryl methyl sites for hydroxylation is 1. The van der Waals surface area contributed by atoms with Gasteiger partial charge >= 0.3 is 6.03 Å². The fraction of sp³-hybridized carbons (Fsp3) is 0.385. The van der Waals surface area contributed by atoms with Crippen molar-refractivity contribution in [2.45, 2.75) is 33.0 Å². The van der Waals surface area contributed by atoms with Crippen molar-refractivity contribution in [1.29, 1.82) is 0 Å². The summed E-state index contributed by atoms with van der Waals surface area (Å²) in [7, 11) is 0. The van der Waals surface area contributed by atoms with E-state index in [1.165, 1.54) is 0 Å². The van der Waals surface area contributed by atoms with Crippen LogP contribution in [0.3, 0.4) is 0 Å². The third-order valence-corrected chi connectivity index (χ3v) is 2.98. The molecular formula is C13H18N6O. The molecule has 0 aliphatic rings. The van der Waals surface area contributed by atoms with Crippen LogP contribution in [0.5, 0.6) is 0 Å². The van der Waals surface area contributed by atoms with Crippen molar-refractivity contribution >= 4 is 6.03 Å². The van der Waals surface area contributed by atoms with Crippen LogP contribution in [0.25, 0.3) is 0 Å². The number of rotatable bonds is 5. The number of urea groups is 1. The van der Waals surface area contributed by atoms with Gasteiger partial charge in [0.2, 0.25) is 0 Å². The van der Waals surface area contributed by atoms with Gasteiger partial charge in [0.05, 0.1) is 12.6 Å². The van der Waals surface area contributed by atoms with Crippen molar-refractivity contribution < 1.29 is 4.79 Å². The molecule has 0 radical (unpaired) electrons. The van der Waals surface area contributed by atoms with Crippen molar-refractivity contribution in [3.63, 3.8) is 0 Å². The molecule has 0 spiro atoms.